The molecule has 38 heavy (non-hydrogen) atoms. The topological polar surface area (TPSA) is 149 Å². The zero-order valence-electron chi connectivity index (χ0n) is 19.9. The van der Waals surface area contributed by atoms with Gasteiger partial charge in [-0.1, -0.05) is 11.6 Å². The zero-order chi connectivity index (χ0) is 26.5. The summed E-state index contributed by atoms with van der Waals surface area (Å²) in [5.74, 6) is -2.43. The van der Waals surface area contributed by atoms with E-state index >= 15 is 0 Å². The maximum absolute atomic E-state index is 13.0. The van der Waals surface area contributed by atoms with Crippen LogP contribution in [0.3, 0.4) is 0 Å². The molecule has 0 spiro atoms. The largest absolute Gasteiger partial charge is 0.455 e. The molecule has 2 fully saturated rings. The third kappa shape index (κ3) is 6.79. The lowest BCUT2D eigenvalue weighted by molar-refractivity contribution is -0.150. The van der Waals surface area contributed by atoms with Crippen molar-refractivity contribution in [3.63, 3.8) is 0 Å². The van der Waals surface area contributed by atoms with Crippen molar-refractivity contribution in [3.05, 3.63) is 45.6 Å². The van der Waals surface area contributed by atoms with Gasteiger partial charge in [-0.3, -0.25) is 29.0 Å². The highest BCUT2D eigenvalue weighted by atomic mass is 35.5. The summed E-state index contributed by atoms with van der Waals surface area (Å²) in [5.41, 5.74) is 6.39. The van der Waals surface area contributed by atoms with E-state index in [1.807, 2.05) is 0 Å². The number of cyclic esters (lactones) is 1. The summed E-state index contributed by atoms with van der Waals surface area (Å²) >= 11 is 6.91. The summed E-state index contributed by atoms with van der Waals surface area (Å²) in [6, 6.07) is 9.76. The Hall–Kier alpha value is -3.23. The number of rotatable bonds is 8. The number of morpholine rings is 1. The SMILES string of the molecule is Cl.NCC(=O)OCC(=O)N(C[C@H]1CN(c2ccc(N3CCOCC3=O)cc2)C(=O)O1)C(=O)c1ccc(Cl)s1. The molecule has 2 aliphatic heterocycles. The lowest BCUT2D eigenvalue weighted by atomic mass is 10.2. The molecule has 0 bridgehead atoms. The zero-order valence-corrected chi connectivity index (χ0v) is 22.3. The Kier molecular flexibility index (Phi) is 10.1. The van der Waals surface area contributed by atoms with Crippen LogP contribution in [0.1, 0.15) is 9.67 Å². The van der Waals surface area contributed by atoms with Crippen LogP contribution in [0.4, 0.5) is 16.2 Å². The lowest BCUT2D eigenvalue weighted by Gasteiger charge is -2.27. The van der Waals surface area contributed by atoms with E-state index in [2.05, 4.69) is 0 Å². The van der Waals surface area contributed by atoms with Crippen molar-refractivity contribution in [2.45, 2.75) is 6.10 Å². The van der Waals surface area contributed by atoms with Crippen LogP contribution in [-0.2, 0) is 28.6 Å². The van der Waals surface area contributed by atoms with Gasteiger partial charge < -0.3 is 24.8 Å². The van der Waals surface area contributed by atoms with Gasteiger partial charge >= 0.3 is 12.1 Å². The fourth-order valence-corrected chi connectivity index (χ4v) is 4.77. The monoisotopic (exact) mass is 586 g/mol. The Bertz CT molecular complexity index is 1210. The number of nitrogens with two attached hydrogens (primary N) is 1. The van der Waals surface area contributed by atoms with Gasteiger partial charge in [-0.25, -0.2) is 4.79 Å². The maximum atomic E-state index is 13.0. The second-order valence-electron chi connectivity index (χ2n) is 8.01. The molecular formula is C23H24Cl2N4O8S. The Morgan fingerprint density at radius 3 is 2.39 bits per heavy atom. The first-order valence-electron chi connectivity index (χ1n) is 11.2. The molecule has 2 aromatic rings. The number of ether oxygens (including phenoxy) is 3. The van der Waals surface area contributed by atoms with Gasteiger partial charge in [0, 0.05) is 17.9 Å². The van der Waals surface area contributed by atoms with Gasteiger partial charge in [0.15, 0.2) is 6.61 Å². The smallest absolute Gasteiger partial charge is 0.414 e. The molecule has 204 valence electrons. The first kappa shape index (κ1) is 29.3. The summed E-state index contributed by atoms with van der Waals surface area (Å²) in [7, 11) is 0. The molecule has 2 aliphatic rings. The fraction of sp³-hybridized carbons (Fsp3) is 0.348. The molecule has 0 aliphatic carbocycles. The summed E-state index contributed by atoms with van der Waals surface area (Å²) in [6.45, 7) is -0.457. The van der Waals surface area contributed by atoms with E-state index in [0.29, 0.717) is 28.9 Å². The molecule has 2 N–H and O–H groups in total. The average molecular weight is 587 g/mol. The van der Waals surface area contributed by atoms with Gasteiger partial charge in [0.25, 0.3) is 17.7 Å². The summed E-state index contributed by atoms with van der Waals surface area (Å²) in [6.07, 6.45) is -1.50. The Morgan fingerprint density at radius 1 is 1.11 bits per heavy atom. The van der Waals surface area contributed by atoms with E-state index in [-0.39, 0.29) is 42.9 Å². The van der Waals surface area contributed by atoms with Crippen LogP contribution >= 0.6 is 35.3 Å². The number of esters is 1. The number of benzene rings is 1. The normalized spacial score (nSPS) is 17.1. The quantitative estimate of drug-likeness (QED) is 0.456. The van der Waals surface area contributed by atoms with Crippen LogP contribution in [-0.4, -0.2) is 86.8 Å². The predicted octanol–water partition coefficient (Wildman–Crippen LogP) is 1.68. The van der Waals surface area contributed by atoms with Crippen molar-refractivity contribution in [2.24, 2.45) is 5.73 Å². The molecule has 4 rings (SSSR count). The summed E-state index contributed by atoms with van der Waals surface area (Å²) in [5, 5.41) is 0. The van der Waals surface area contributed by atoms with E-state index in [1.165, 1.54) is 17.0 Å². The van der Waals surface area contributed by atoms with Crippen molar-refractivity contribution in [1.29, 1.82) is 0 Å². The number of halogens is 2. The second-order valence-corrected chi connectivity index (χ2v) is 9.72. The molecule has 15 heteroatoms. The molecule has 1 aromatic heterocycles. The Balaban J connectivity index is 0.00000400. The van der Waals surface area contributed by atoms with Gasteiger partial charge in [-0.15, -0.1) is 23.7 Å². The van der Waals surface area contributed by atoms with E-state index in [1.54, 1.807) is 29.2 Å². The number of hydrogen-bond donors (Lipinski definition) is 1. The molecule has 0 saturated carbocycles. The minimum absolute atomic E-state index is 0. The van der Waals surface area contributed by atoms with Crippen LogP contribution in [0.15, 0.2) is 36.4 Å². The number of anilines is 2. The van der Waals surface area contributed by atoms with Gasteiger partial charge in [0.05, 0.1) is 35.5 Å². The Labute approximate surface area is 232 Å². The van der Waals surface area contributed by atoms with Gasteiger partial charge in [0.2, 0.25) is 0 Å². The van der Waals surface area contributed by atoms with Gasteiger partial charge in [0.1, 0.15) is 12.7 Å². The van der Waals surface area contributed by atoms with E-state index < -0.39 is 43.1 Å². The van der Waals surface area contributed by atoms with Crippen LogP contribution in [0.25, 0.3) is 0 Å². The number of amides is 4. The molecule has 2 saturated heterocycles. The highest BCUT2D eigenvalue weighted by Crippen LogP contribution is 2.27. The second kappa shape index (κ2) is 13.0. The van der Waals surface area contributed by atoms with Crippen molar-refractivity contribution in [3.8, 4) is 0 Å². The van der Waals surface area contributed by atoms with Crippen LogP contribution in [0.2, 0.25) is 4.34 Å². The molecule has 1 atom stereocenters. The van der Waals surface area contributed by atoms with Crippen LogP contribution < -0.4 is 15.5 Å². The molecule has 12 nitrogen and oxygen atoms in total. The third-order valence-corrected chi connectivity index (χ3v) is 6.79. The number of nitrogens with zero attached hydrogens (tertiary/aromatic N) is 3. The van der Waals surface area contributed by atoms with Crippen molar-refractivity contribution in [1.82, 2.24) is 4.90 Å². The van der Waals surface area contributed by atoms with E-state index in [0.717, 1.165) is 16.2 Å². The Morgan fingerprint density at radius 2 is 1.79 bits per heavy atom. The van der Waals surface area contributed by atoms with E-state index in [9.17, 15) is 24.0 Å². The van der Waals surface area contributed by atoms with Gasteiger partial charge in [-0.05, 0) is 36.4 Å². The number of thiophene rings is 1. The minimum Gasteiger partial charge on any atom is -0.455 e. The van der Waals surface area contributed by atoms with Crippen molar-refractivity contribution < 1.29 is 38.2 Å². The molecular weight excluding hydrogens is 563 g/mol. The minimum atomic E-state index is -0.846. The van der Waals surface area contributed by atoms with E-state index in [4.69, 9.17) is 31.5 Å². The third-order valence-electron chi connectivity index (χ3n) is 5.57. The summed E-state index contributed by atoms with van der Waals surface area (Å²) in [4.78, 5) is 65.9. The first-order chi connectivity index (χ1) is 17.8. The lowest BCUT2D eigenvalue weighted by Crippen LogP contribution is -2.45. The van der Waals surface area contributed by atoms with Crippen molar-refractivity contribution >= 4 is 76.5 Å². The number of imide groups is 1. The van der Waals surface area contributed by atoms with Crippen molar-refractivity contribution in [2.75, 3.05) is 55.8 Å². The maximum Gasteiger partial charge on any atom is 0.414 e. The number of hydrogen-bond acceptors (Lipinski definition) is 10. The molecule has 3 heterocycles. The average Bonchev–Trinajstić information content (AvgIpc) is 3.50. The highest BCUT2D eigenvalue weighted by molar-refractivity contribution is 7.18. The number of carbonyl (C=O) groups is 5. The number of carbonyl (C=O) groups excluding carboxylic acids is 5. The standard InChI is InChI=1S/C23H23ClN4O8S.ClH/c24-18-6-5-17(37-18)22(32)28(20(30)13-35-21(31)9-25)11-16-10-27(23(33)36-16)15-3-1-14(2-4-15)26-7-8-34-12-19(26)29;/h1-6,16H,7-13,25H2;1H/t16-;/m1./s1. The molecule has 4 amide bonds. The summed E-state index contributed by atoms with van der Waals surface area (Å²) < 4.78 is 15.7. The first-order valence-corrected chi connectivity index (χ1v) is 12.4. The molecule has 1 aromatic carbocycles. The highest BCUT2D eigenvalue weighted by Gasteiger charge is 2.37. The van der Waals surface area contributed by atoms with Crippen LogP contribution in [0.5, 0.6) is 0 Å². The molecule has 0 radical (unpaired) electrons. The van der Waals surface area contributed by atoms with Crippen LogP contribution in [0, 0.1) is 0 Å². The molecule has 0 unspecified atom stereocenters. The van der Waals surface area contributed by atoms with Gasteiger partial charge in [-0.2, -0.15) is 0 Å². The predicted molar refractivity (Wildman–Crippen MR) is 140 cm³/mol. The fourth-order valence-electron chi connectivity index (χ4n) is 3.77.